The van der Waals surface area contributed by atoms with E-state index in [-0.39, 0.29) is 0 Å². The molecule has 2 aromatic heterocycles. The lowest BCUT2D eigenvalue weighted by Crippen LogP contribution is -2.07. The second-order valence-corrected chi connectivity index (χ2v) is 10.7. The lowest BCUT2D eigenvalue weighted by Gasteiger charge is -2.16. The van der Waals surface area contributed by atoms with Gasteiger partial charge >= 0.3 is 0 Å². The van der Waals surface area contributed by atoms with Crippen LogP contribution in [0, 0.1) is 0 Å². The van der Waals surface area contributed by atoms with Crippen molar-refractivity contribution in [1.29, 1.82) is 0 Å². The molecule has 6 rings (SSSR count). The summed E-state index contributed by atoms with van der Waals surface area (Å²) in [4.78, 5) is 0. The van der Waals surface area contributed by atoms with Crippen LogP contribution in [0.4, 0.5) is 0 Å². The summed E-state index contributed by atoms with van der Waals surface area (Å²) >= 11 is 0. The Labute approximate surface area is 190 Å². The number of hydrogen-bond donors (Lipinski definition) is 0. The van der Waals surface area contributed by atoms with E-state index in [1.165, 1.54) is 50.6 Å². The molecule has 0 fully saturated rings. The second-order valence-electron chi connectivity index (χ2n) is 8.54. The van der Waals surface area contributed by atoms with Crippen LogP contribution >= 0.6 is 7.53 Å². The highest BCUT2D eigenvalue weighted by Gasteiger charge is 2.25. The van der Waals surface area contributed by atoms with Gasteiger partial charge in [-0.3, -0.25) is 0 Å². The van der Waals surface area contributed by atoms with E-state index in [0.29, 0.717) is 0 Å². The van der Waals surface area contributed by atoms with Crippen LogP contribution in [0.15, 0.2) is 98.1 Å². The topological polar surface area (TPSA) is 4.93 Å². The normalized spacial score (nSPS) is 14.8. The van der Waals surface area contributed by atoms with Gasteiger partial charge in [-0.25, -0.2) is 0 Å². The minimum Gasteiger partial charge on any atom is -0.313 e. The molecule has 1 unspecified atom stereocenters. The smallest absolute Gasteiger partial charge is 0.0544 e. The van der Waals surface area contributed by atoms with Gasteiger partial charge in [0.2, 0.25) is 0 Å². The van der Waals surface area contributed by atoms with Crippen molar-refractivity contribution in [3.63, 3.8) is 0 Å². The van der Waals surface area contributed by atoms with Gasteiger partial charge in [-0.05, 0) is 65.5 Å². The zero-order chi connectivity index (χ0) is 21.7. The van der Waals surface area contributed by atoms with E-state index in [1.54, 1.807) is 10.7 Å². The molecule has 1 aliphatic carbocycles. The van der Waals surface area contributed by atoms with E-state index in [4.69, 9.17) is 0 Å². The molecule has 3 aromatic carbocycles. The molecule has 0 saturated heterocycles. The van der Waals surface area contributed by atoms with E-state index >= 15 is 0 Å². The standard InChI is InChI=1S/C30H26NP/c1-3-12-21(4-2)31-26-17-10-8-16-25(26)29-27(31)20-19-24-23-15-9-11-18-28(23)32(30(24)29)22-13-6-5-7-14-22/h3-7,9,11-15,18-20H,1-2,8,10,16-17H2/b21-12+. The van der Waals surface area contributed by atoms with Gasteiger partial charge in [-0.15, -0.1) is 0 Å². The maximum absolute atomic E-state index is 4.13. The number of allylic oxidation sites excluding steroid dienone is 4. The Morgan fingerprint density at radius 3 is 2.44 bits per heavy atom. The minimum atomic E-state index is -0.584. The maximum Gasteiger partial charge on any atom is 0.0544 e. The monoisotopic (exact) mass is 431 g/mol. The summed E-state index contributed by atoms with van der Waals surface area (Å²) < 4.78 is 2.46. The highest BCUT2D eigenvalue weighted by Crippen LogP contribution is 2.58. The molecule has 156 valence electrons. The van der Waals surface area contributed by atoms with Gasteiger partial charge in [-0.2, -0.15) is 0 Å². The van der Waals surface area contributed by atoms with Gasteiger partial charge in [0.1, 0.15) is 0 Å². The number of hydrogen-bond acceptors (Lipinski definition) is 0. The van der Waals surface area contributed by atoms with Crippen molar-refractivity contribution in [2.24, 2.45) is 0 Å². The van der Waals surface area contributed by atoms with E-state index < -0.39 is 7.53 Å². The van der Waals surface area contributed by atoms with Crippen molar-refractivity contribution in [3.05, 3.63) is 109 Å². The van der Waals surface area contributed by atoms with Crippen LogP contribution in [0.25, 0.3) is 42.9 Å². The van der Waals surface area contributed by atoms with E-state index in [2.05, 4.69) is 90.5 Å². The average Bonchev–Trinajstić information content (AvgIpc) is 3.36. The molecule has 0 saturated carbocycles. The number of aryl methyl sites for hydroxylation is 1. The molecule has 0 N–H and O–H groups in total. The molecule has 0 amide bonds. The first-order chi connectivity index (χ1) is 15.8. The maximum atomic E-state index is 4.13. The molecule has 32 heavy (non-hydrogen) atoms. The van der Waals surface area contributed by atoms with E-state index in [1.807, 2.05) is 12.2 Å². The van der Waals surface area contributed by atoms with Crippen molar-refractivity contribution in [2.75, 3.05) is 0 Å². The summed E-state index contributed by atoms with van der Waals surface area (Å²) in [5.74, 6) is 0. The largest absolute Gasteiger partial charge is 0.313 e. The number of benzene rings is 3. The molecule has 0 bridgehead atoms. The first-order valence-corrected chi connectivity index (χ1v) is 12.8. The lowest BCUT2D eigenvalue weighted by molar-refractivity contribution is 0.669. The van der Waals surface area contributed by atoms with Gasteiger partial charge in [-0.1, -0.05) is 87.4 Å². The summed E-state index contributed by atoms with van der Waals surface area (Å²) in [5.41, 5.74) is 5.45. The summed E-state index contributed by atoms with van der Waals surface area (Å²) in [6.45, 7) is 8.08. The number of aromatic nitrogens is 1. The van der Waals surface area contributed by atoms with Gasteiger partial charge in [0.25, 0.3) is 0 Å². The summed E-state index contributed by atoms with van der Waals surface area (Å²) in [6, 6.07) is 24.8. The summed E-state index contributed by atoms with van der Waals surface area (Å²) in [6.07, 6.45) is 10.7. The Kier molecular flexibility index (Phi) is 4.67. The number of fused-ring (bicyclic) bond motifs is 7. The van der Waals surface area contributed by atoms with Crippen molar-refractivity contribution in [2.45, 2.75) is 25.7 Å². The van der Waals surface area contributed by atoms with Crippen LogP contribution < -0.4 is 0 Å². The molecule has 1 nitrogen and oxygen atoms in total. The van der Waals surface area contributed by atoms with Gasteiger partial charge < -0.3 is 4.57 Å². The quantitative estimate of drug-likeness (QED) is 0.250. The molecular formula is C30H26NP. The van der Waals surface area contributed by atoms with Crippen molar-refractivity contribution >= 4 is 45.1 Å². The molecule has 2 heterocycles. The molecule has 1 atom stereocenters. The van der Waals surface area contributed by atoms with Crippen LogP contribution in [-0.2, 0) is 12.8 Å². The molecule has 0 radical (unpaired) electrons. The molecule has 1 aliphatic rings. The van der Waals surface area contributed by atoms with E-state index in [9.17, 15) is 0 Å². The SMILES string of the molecule is C=C/C=C(\C=C)n1c2c(c3c1ccc1c4ccccc4p(-c4ccccc4)c13)CCCC2. The van der Waals surface area contributed by atoms with E-state index in [0.717, 1.165) is 18.5 Å². The predicted molar refractivity (Wildman–Crippen MR) is 142 cm³/mol. The first kappa shape index (κ1) is 19.4. The molecule has 5 aromatic rings. The fourth-order valence-corrected chi connectivity index (χ4v) is 8.40. The van der Waals surface area contributed by atoms with Crippen LogP contribution in [0.1, 0.15) is 24.1 Å². The van der Waals surface area contributed by atoms with Crippen LogP contribution in [0.3, 0.4) is 0 Å². The van der Waals surface area contributed by atoms with Crippen LogP contribution in [-0.4, -0.2) is 4.57 Å². The third-order valence-corrected chi connectivity index (χ3v) is 9.43. The number of rotatable bonds is 4. The summed E-state index contributed by atoms with van der Waals surface area (Å²) in [5, 5.41) is 8.77. The summed E-state index contributed by atoms with van der Waals surface area (Å²) in [7, 11) is -0.584. The average molecular weight is 432 g/mol. The minimum absolute atomic E-state index is 0.584. The van der Waals surface area contributed by atoms with Crippen LogP contribution in [0.2, 0.25) is 0 Å². The highest BCUT2D eigenvalue weighted by atomic mass is 31.1. The zero-order valence-electron chi connectivity index (χ0n) is 18.2. The molecule has 2 heteroatoms. The lowest BCUT2D eigenvalue weighted by atomic mass is 9.95. The molecular weight excluding hydrogens is 405 g/mol. The molecule has 0 aliphatic heterocycles. The number of nitrogens with zero attached hydrogens (tertiary/aromatic N) is 1. The fraction of sp³-hybridized carbons (Fsp3) is 0.133. The Bertz CT molecular complexity index is 1540. The second kappa shape index (κ2) is 7.69. The Morgan fingerprint density at radius 1 is 0.844 bits per heavy atom. The van der Waals surface area contributed by atoms with Crippen molar-refractivity contribution in [3.8, 4) is 5.30 Å². The van der Waals surface area contributed by atoms with Crippen molar-refractivity contribution in [1.82, 2.24) is 4.57 Å². The zero-order valence-corrected chi connectivity index (χ0v) is 19.1. The first-order valence-electron chi connectivity index (χ1n) is 11.4. The predicted octanol–water partition coefficient (Wildman–Crippen LogP) is 9.02. The Morgan fingerprint density at radius 2 is 1.62 bits per heavy atom. The third kappa shape index (κ3) is 2.71. The fourth-order valence-electron chi connectivity index (χ4n) is 5.58. The van der Waals surface area contributed by atoms with Crippen LogP contribution in [0.5, 0.6) is 0 Å². The Hall–Kier alpha value is -3.28. The van der Waals surface area contributed by atoms with Gasteiger partial charge in [0.05, 0.1) is 5.52 Å². The third-order valence-electron chi connectivity index (χ3n) is 6.84. The van der Waals surface area contributed by atoms with Gasteiger partial charge in [0.15, 0.2) is 0 Å². The highest BCUT2D eigenvalue weighted by molar-refractivity contribution is 7.68. The van der Waals surface area contributed by atoms with Gasteiger partial charge in [0, 0.05) is 27.0 Å². The Balaban J connectivity index is 1.87. The molecule has 0 spiro atoms. The van der Waals surface area contributed by atoms with Crippen molar-refractivity contribution < 1.29 is 0 Å².